The van der Waals surface area contributed by atoms with Gasteiger partial charge in [0.15, 0.2) is 0 Å². The van der Waals surface area contributed by atoms with Crippen LogP contribution in [0.4, 0.5) is 13.2 Å². The average molecular weight is 285 g/mol. The molecule has 0 heterocycles. The van der Waals surface area contributed by atoms with Gasteiger partial charge in [0, 0.05) is 5.88 Å². The zero-order valence-electron chi connectivity index (χ0n) is 8.60. The molecule has 1 rings (SSSR count). The standard InChI is InChI=1S/C11H9Cl2F3O/c12-6-2-1-3-8-4-5-9(7-10(8)13)17-11(14,15)16/h1,3-5,7H,2,6H2. The second-order valence-electron chi connectivity index (χ2n) is 3.11. The molecule has 0 N–H and O–H groups in total. The Hall–Kier alpha value is -0.870. The molecule has 1 aromatic carbocycles. The first kappa shape index (κ1) is 14.2. The van der Waals surface area contributed by atoms with E-state index < -0.39 is 6.36 Å². The van der Waals surface area contributed by atoms with Gasteiger partial charge in [-0.3, -0.25) is 0 Å². The van der Waals surface area contributed by atoms with Gasteiger partial charge in [-0.1, -0.05) is 23.8 Å². The molecule has 0 saturated heterocycles. The fourth-order valence-electron chi connectivity index (χ4n) is 1.11. The molecule has 0 amide bonds. The summed E-state index contributed by atoms with van der Waals surface area (Å²) < 4.78 is 39.5. The lowest BCUT2D eigenvalue weighted by atomic mass is 10.2. The van der Waals surface area contributed by atoms with E-state index >= 15 is 0 Å². The lowest BCUT2D eigenvalue weighted by Gasteiger charge is -2.09. The van der Waals surface area contributed by atoms with E-state index in [2.05, 4.69) is 4.74 Å². The summed E-state index contributed by atoms with van der Waals surface area (Å²) in [6, 6.07) is 3.78. The van der Waals surface area contributed by atoms with Crippen LogP contribution >= 0.6 is 23.2 Å². The van der Waals surface area contributed by atoms with E-state index in [1.165, 1.54) is 12.1 Å². The summed E-state index contributed by atoms with van der Waals surface area (Å²) >= 11 is 11.3. The Morgan fingerprint density at radius 1 is 1.29 bits per heavy atom. The molecule has 94 valence electrons. The van der Waals surface area contributed by atoms with E-state index in [1.807, 2.05) is 0 Å². The number of ether oxygens (including phenoxy) is 1. The monoisotopic (exact) mass is 284 g/mol. The molecule has 0 radical (unpaired) electrons. The van der Waals surface area contributed by atoms with Crippen LogP contribution in [0.3, 0.4) is 0 Å². The number of hydrogen-bond acceptors (Lipinski definition) is 1. The highest BCUT2D eigenvalue weighted by atomic mass is 35.5. The van der Waals surface area contributed by atoms with Gasteiger partial charge in [-0.2, -0.15) is 0 Å². The zero-order chi connectivity index (χ0) is 12.9. The van der Waals surface area contributed by atoms with Crippen molar-refractivity contribution < 1.29 is 17.9 Å². The van der Waals surface area contributed by atoms with Crippen molar-refractivity contribution in [2.24, 2.45) is 0 Å². The molecule has 0 bridgehead atoms. The Morgan fingerprint density at radius 3 is 2.53 bits per heavy atom. The Balaban J connectivity index is 2.79. The van der Waals surface area contributed by atoms with Gasteiger partial charge in [0.25, 0.3) is 0 Å². The summed E-state index contributed by atoms with van der Waals surface area (Å²) in [5.41, 5.74) is 0.617. The summed E-state index contributed by atoms with van der Waals surface area (Å²) in [6.07, 6.45) is -0.557. The van der Waals surface area contributed by atoms with E-state index in [4.69, 9.17) is 23.2 Å². The van der Waals surface area contributed by atoms with Crippen molar-refractivity contribution in [3.8, 4) is 5.75 Å². The Kier molecular flexibility index (Phi) is 5.15. The maximum Gasteiger partial charge on any atom is 0.573 e. The quantitative estimate of drug-likeness (QED) is 0.716. The van der Waals surface area contributed by atoms with Crippen molar-refractivity contribution in [2.75, 3.05) is 5.88 Å². The number of allylic oxidation sites excluding steroid dienone is 1. The van der Waals surface area contributed by atoms with E-state index in [9.17, 15) is 13.2 Å². The summed E-state index contributed by atoms with van der Waals surface area (Å²) in [5, 5.41) is 0.192. The van der Waals surface area contributed by atoms with E-state index in [0.717, 1.165) is 6.07 Å². The van der Waals surface area contributed by atoms with E-state index in [-0.39, 0.29) is 10.8 Å². The van der Waals surface area contributed by atoms with Gasteiger partial charge in [-0.15, -0.1) is 24.8 Å². The number of benzene rings is 1. The largest absolute Gasteiger partial charge is 0.573 e. The second-order valence-corrected chi connectivity index (χ2v) is 3.90. The molecule has 6 heteroatoms. The smallest absolute Gasteiger partial charge is 0.406 e. The first-order valence-electron chi connectivity index (χ1n) is 4.70. The minimum absolute atomic E-state index is 0.192. The van der Waals surface area contributed by atoms with Gasteiger partial charge in [0.05, 0.1) is 5.02 Å². The lowest BCUT2D eigenvalue weighted by molar-refractivity contribution is -0.274. The summed E-state index contributed by atoms with van der Waals surface area (Å²) in [4.78, 5) is 0. The third-order valence-electron chi connectivity index (χ3n) is 1.78. The van der Waals surface area contributed by atoms with Crippen LogP contribution in [0.25, 0.3) is 6.08 Å². The second kappa shape index (κ2) is 6.17. The number of halogens is 5. The predicted octanol–water partition coefficient (Wildman–Crippen LogP) is 4.88. The van der Waals surface area contributed by atoms with Gasteiger partial charge >= 0.3 is 6.36 Å². The summed E-state index contributed by atoms with van der Waals surface area (Å²) in [7, 11) is 0. The first-order chi connectivity index (χ1) is 7.92. The molecule has 1 aromatic rings. The summed E-state index contributed by atoms with van der Waals surface area (Å²) in [5.74, 6) is 0.139. The van der Waals surface area contributed by atoms with Gasteiger partial charge < -0.3 is 4.74 Å². The van der Waals surface area contributed by atoms with Crippen molar-refractivity contribution in [2.45, 2.75) is 12.8 Å². The van der Waals surface area contributed by atoms with Crippen LogP contribution in [0.2, 0.25) is 5.02 Å². The van der Waals surface area contributed by atoms with Crippen molar-refractivity contribution in [3.05, 3.63) is 34.9 Å². The van der Waals surface area contributed by atoms with Crippen LogP contribution in [-0.2, 0) is 0 Å². The Bertz CT molecular complexity index is 402. The molecule has 0 unspecified atom stereocenters. The van der Waals surface area contributed by atoms with Gasteiger partial charge in [0.2, 0.25) is 0 Å². The minimum Gasteiger partial charge on any atom is -0.406 e. The SMILES string of the molecule is FC(F)(F)Oc1ccc(C=CCCCl)c(Cl)c1. The molecule has 0 aliphatic carbocycles. The number of alkyl halides is 4. The maximum atomic E-state index is 11.9. The van der Waals surface area contributed by atoms with Crippen LogP contribution in [0.5, 0.6) is 5.75 Å². The Morgan fingerprint density at radius 2 is 2.00 bits per heavy atom. The summed E-state index contributed by atoms with van der Waals surface area (Å²) in [6.45, 7) is 0. The average Bonchev–Trinajstić information content (AvgIpc) is 2.19. The molecule has 0 fully saturated rings. The first-order valence-corrected chi connectivity index (χ1v) is 5.61. The van der Waals surface area contributed by atoms with Crippen LogP contribution in [0.1, 0.15) is 12.0 Å². The van der Waals surface area contributed by atoms with Crippen LogP contribution in [0.15, 0.2) is 24.3 Å². The fraction of sp³-hybridized carbons (Fsp3) is 0.273. The third kappa shape index (κ3) is 5.33. The molecular formula is C11H9Cl2F3O. The Labute approximate surface area is 107 Å². The van der Waals surface area contributed by atoms with Crippen LogP contribution in [0, 0.1) is 0 Å². The molecule has 1 nitrogen and oxygen atoms in total. The molecule has 0 atom stereocenters. The van der Waals surface area contributed by atoms with E-state index in [0.29, 0.717) is 17.9 Å². The van der Waals surface area contributed by atoms with Gasteiger partial charge in [-0.05, 0) is 30.2 Å². The third-order valence-corrected chi connectivity index (χ3v) is 2.32. The molecule has 0 aliphatic rings. The molecule has 0 saturated carbocycles. The predicted molar refractivity (Wildman–Crippen MR) is 62.5 cm³/mol. The maximum absolute atomic E-state index is 11.9. The van der Waals surface area contributed by atoms with Crippen molar-refractivity contribution in [1.29, 1.82) is 0 Å². The topological polar surface area (TPSA) is 9.23 Å². The fourth-order valence-corrected chi connectivity index (χ4v) is 1.47. The molecule has 0 spiro atoms. The lowest BCUT2D eigenvalue weighted by Crippen LogP contribution is -2.17. The van der Waals surface area contributed by atoms with Gasteiger partial charge in [0.1, 0.15) is 5.75 Å². The number of hydrogen-bond donors (Lipinski definition) is 0. The van der Waals surface area contributed by atoms with Gasteiger partial charge in [-0.25, -0.2) is 0 Å². The molecule has 0 aromatic heterocycles. The molecule has 0 aliphatic heterocycles. The highest BCUT2D eigenvalue weighted by Crippen LogP contribution is 2.28. The highest BCUT2D eigenvalue weighted by Gasteiger charge is 2.31. The highest BCUT2D eigenvalue weighted by molar-refractivity contribution is 6.32. The van der Waals surface area contributed by atoms with Crippen molar-refractivity contribution in [3.63, 3.8) is 0 Å². The van der Waals surface area contributed by atoms with Crippen LogP contribution in [-0.4, -0.2) is 12.2 Å². The van der Waals surface area contributed by atoms with Crippen molar-refractivity contribution >= 4 is 29.3 Å². The molecular weight excluding hydrogens is 276 g/mol. The van der Waals surface area contributed by atoms with Crippen molar-refractivity contribution in [1.82, 2.24) is 0 Å². The number of rotatable bonds is 4. The normalized spacial score (nSPS) is 12.1. The minimum atomic E-state index is -4.71. The van der Waals surface area contributed by atoms with E-state index in [1.54, 1.807) is 12.2 Å². The zero-order valence-corrected chi connectivity index (χ0v) is 10.1. The molecule has 17 heavy (non-hydrogen) atoms. The van der Waals surface area contributed by atoms with Crippen LogP contribution < -0.4 is 4.74 Å².